The van der Waals surface area contributed by atoms with Crippen molar-refractivity contribution >= 4 is 17.3 Å². The molecule has 1 aromatic carbocycles. The molecule has 0 bridgehead atoms. The molecule has 0 aromatic heterocycles. The average molecular weight is 258 g/mol. The highest BCUT2D eigenvalue weighted by atomic mass is 16.2. The van der Waals surface area contributed by atoms with Gasteiger partial charge in [-0.05, 0) is 37.3 Å². The largest absolute Gasteiger partial charge is 0.397 e. The summed E-state index contributed by atoms with van der Waals surface area (Å²) in [7, 11) is 0. The van der Waals surface area contributed by atoms with Gasteiger partial charge in [0.05, 0.1) is 17.3 Å². The molecule has 1 unspecified atom stereocenters. The number of para-hydroxylation sites is 1. The van der Waals surface area contributed by atoms with Crippen molar-refractivity contribution in [1.29, 1.82) is 0 Å². The first-order valence-corrected chi connectivity index (χ1v) is 7.38. The van der Waals surface area contributed by atoms with Crippen molar-refractivity contribution in [3.05, 3.63) is 23.8 Å². The van der Waals surface area contributed by atoms with Gasteiger partial charge in [-0.3, -0.25) is 4.79 Å². The second-order valence-electron chi connectivity index (χ2n) is 5.96. The number of carbonyl (C=O) groups is 1. The fourth-order valence-electron chi connectivity index (χ4n) is 3.53. The molecular formula is C16H22N2O. The molecule has 0 radical (unpaired) electrons. The number of fused-ring (bicyclic) bond motifs is 1. The molecular weight excluding hydrogens is 236 g/mol. The normalized spacial score (nSPS) is 23.7. The molecule has 0 saturated heterocycles. The number of nitrogens with zero attached hydrogens (tertiary/aromatic N) is 1. The molecule has 3 nitrogen and oxygen atoms in total. The van der Waals surface area contributed by atoms with E-state index in [0.29, 0.717) is 5.92 Å². The first kappa shape index (κ1) is 12.5. The lowest BCUT2D eigenvalue weighted by atomic mass is 9.89. The van der Waals surface area contributed by atoms with E-state index < -0.39 is 0 Å². The summed E-state index contributed by atoms with van der Waals surface area (Å²) in [6.07, 6.45) is 6.46. The molecule has 19 heavy (non-hydrogen) atoms. The smallest absolute Gasteiger partial charge is 0.234 e. The van der Waals surface area contributed by atoms with Crippen molar-refractivity contribution in [2.45, 2.75) is 44.9 Å². The Morgan fingerprint density at radius 1 is 1.26 bits per heavy atom. The summed E-state index contributed by atoms with van der Waals surface area (Å²) in [5.41, 5.74) is 8.92. The quantitative estimate of drug-likeness (QED) is 0.827. The van der Waals surface area contributed by atoms with E-state index in [1.54, 1.807) is 0 Å². The molecule has 1 heterocycles. The first-order chi connectivity index (χ1) is 9.18. The van der Waals surface area contributed by atoms with E-state index in [9.17, 15) is 4.79 Å². The lowest BCUT2D eigenvalue weighted by Gasteiger charge is -2.28. The molecule has 1 aliphatic carbocycles. The number of rotatable bonds is 2. The molecule has 1 amide bonds. The summed E-state index contributed by atoms with van der Waals surface area (Å²) in [5, 5.41) is 0. The molecule has 0 spiro atoms. The summed E-state index contributed by atoms with van der Waals surface area (Å²) in [5.74, 6) is 0.830. The van der Waals surface area contributed by atoms with Gasteiger partial charge in [-0.1, -0.05) is 31.4 Å². The fraction of sp³-hybridized carbons (Fsp3) is 0.562. The standard InChI is InChI=1S/C16H22N2O/c1-11-13-8-5-9-14(17)15(13)18(16(11)19)10-12-6-3-2-4-7-12/h5,8-9,11-12H,2-4,6-7,10,17H2,1H3. The maximum absolute atomic E-state index is 12.5. The molecule has 1 aromatic rings. The Bertz CT molecular complexity index is 492. The number of nitrogen functional groups attached to an aromatic ring is 1. The Hall–Kier alpha value is -1.51. The van der Waals surface area contributed by atoms with Gasteiger partial charge in [-0.15, -0.1) is 0 Å². The third-order valence-electron chi connectivity index (χ3n) is 4.64. The van der Waals surface area contributed by atoms with Crippen LogP contribution in [0.4, 0.5) is 11.4 Å². The monoisotopic (exact) mass is 258 g/mol. The van der Waals surface area contributed by atoms with E-state index in [1.807, 2.05) is 30.0 Å². The summed E-state index contributed by atoms with van der Waals surface area (Å²) >= 11 is 0. The molecule has 3 rings (SSSR count). The predicted octanol–water partition coefficient (Wildman–Crippen LogP) is 3.30. The minimum Gasteiger partial charge on any atom is -0.397 e. The number of anilines is 2. The molecule has 1 atom stereocenters. The fourth-order valence-corrected chi connectivity index (χ4v) is 3.53. The van der Waals surface area contributed by atoms with Crippen LogP contribution in [0.15, 0.2) is 18.2 Å². The second kappa shape index (κ2) is 4.87. The molecule has 1 saturated carbocycles. The van der Waals surface area contributed by atoms with Crippen LogP contribution in [0.1, 0.15) is 50.5 Å². The molecule has 3 heteroatoms. The van der Waals surface area contributed by atoms with Gasteiger partial charge in [0.25, 0.3) is 0 Å². The highest BCUT2D eigenvalue weighted by Crippen LogP contribution is 2.42. The van der Waals surface area contributed by atoms with Gasteiger partial charge in [0.15, 0.2) is 0 Å². The lowest BCUT2D eigenvalue weighted by molar-refractivity contribution is -0.119. The lowest BCUT2D eigenvalue weighted by Crippen LogP contribution is -2.34. The van der Waals surface area contributed by atoms with Gasteiger partial charge in [0, 0.05) is 6.54 Å². The zero-order valence-electron chi connectivity index (χ0n) is 11.6. The Morgan fingerprint density at radius 2 is 2.00 bits per heavy atom. The number of hydrogen-bond donors (Lipinski definition) is 1. The summed E-state index contributed by atoms with van der Waals surface area (Å²) < 4.78 is 0. The van der Waals surface area contributed by atoms with Gasteiger partial charge < -0.3 is 10.6 Å². The highest BCUT2D eigenvalue weighted by molar-refractivity contribution is 6.07. The summed E-state index contributed by atoms with van der Waals surface area (Å²) in [4.78, 5) is 14.4. The zero-order valence-corrected chi connectivity index (χ0v) is 11.6. The number of nitrogens with two attached hydrogens (primary N) is 1. The molecule has 2 N–H and O–H groups in total. The van der Waals surface area contributed by atoms with Crippen LogP contribution in [0.2, 0.25) is 0 Å². The zero-order chi connectivity index (χ0) is 13.4. The number of amides is 1. The number of carbonyl (C=O) groups excluding carboxylic acids is 1. The van der Waals surface area contributed by atoms with Crippen molar-refractivity contribution in [1.82, 2.24) is 0 Å². The molecule has 1 fully saturated rings. The van der Waals surface area contributed by atoms with Crippen molar-refractivity contribution in [3.63, 3.8) is 0 Å². The third-order valence-corrected chi connectivity index (χ3v) is 4.64. The second-order valence-corrected chi connectivity index (χ2v) is 5.96. The Labute approximate surface area is 114 Å². The topological polar surface area (TPSA) is 46.3 Å². The van der Waals surface area contributed by atoms with E-state index in [0.717, 1.165) is 23.5 Å². The SMILES string of the molecule is CC1C(=O)N(CC2CCCCC2)c2c(N)cccc21. The van der Waals surface area contributed by atoms with Crippen molar-refractivity contribution in [2.75, 3.05) is 17.2 Å². The van der Waals surface area contributed by atoms with Crippen LogP contribution in [-0.2, 0) is 4.79 Å². The molecule has 2 aliphatic rings. The number of hydrogen-bond acceptors (Lipinski definition) is 2. The van der Waals surface area contributed by atoms with E-state index >= 15 is 0 Å². The Morgan fingerprint density at radius 3 is 2.74 bits per heavy atom. The van der Waals surface area contributed by atoms with Crippen LogP contribution < -0.4 is 10.6 Å². The average Bonchev–Trinajstić information content (AvgIpc) is 2.67. The van der Waals surface area contributed by atoms with Crippen LogP contribution in [0, 0.1) is 5.92 Å². The van der Waals surface area contributed by atoms with Crippen LogP contribution in [0.3, 0.4) is 0 Å². The van der Waals surface area contributed by atoms with Crippen molar-refractivity contribution < 1.29 is 4.79 Å². The van der Waals surface area contributed by atoms with Crippen molar-refractivity contribution in [3.8, 4) is 0 Å². The van der Waals surface area contributed by atoms with Gasteiger partial charge >= 0.3 is 0 Å². The van der Waals surface area contributed by atoms with Crippen LogP contribution in [0.25, 0.3) is 0 Å². The Balaban J connectivity index is 1.88. The van der Waals surface area contributed by atoms with E-state index in [4.69, 9.17) is 5.73 Å². The van der Waals surface area contributed by atoms with E-state index in [2.05, 4.69) is 0 Å². The first-order valence-electron chi connectivity index (χ1n) is 7.38. The van der Waals surface area contributed by atoms with Gasteiger partial charge in [0.1, 0.15) is 0 Å². The summed E-state index contributed by atoms with van der Waals surface area (Å²) in [6, 6.07) is 5.88. The predicted molar refractivity (Wildman–Crippen MR) is 78.2 cm³/mol. The van der Waals surface area contributed by atoms with Gasteiger partial charge in [0.2, 0.25) is 5.91 Å². The maximum Gasteiger partial charge on any atom is 0.234 e. The van der Waals surface area contributed by atoms with Gasteiger partial charge in [-0.25, -0.2) is 0 Å². The van der Waals surface area contributed by atoms with Crippen LogP contribution in [-0.4, -0.2) is 12.5 Å². The highest BCUT2D eigenvalue weighted by Gasteiger charge is 2.36. The minimum atomic E-state index is -0.0397. The van der Waals surface area contributed by atoms with Gasteiger partial charge in [-0.2, -0.15) is 0 Å². The van der Waals surface area contributed by atoms with Crippen LogP contribution >= 0.6 is 0 Å². The van der Waals surface area contributed by atoms with Crippen molar-refractivity contribution in [2.24, 2.45) is 5.92 Å². The number of benzene rings is 1. The van der Waals surface area contributed by atoms with Crippen LogP contribution in [0.5, 0.6) is 0 Å². The molecule has 102 valence electrons. The third kappa shape index (κ3) is 2.11. The maximum atomic E-state index is 12.5. The van der Waals surface area contributed by atoms with E-state index in [-0.39, 0.29) is 11.8 Å². The minimum absolute atomic E-state index is 0.0397. The Kier molecular flexibility index (Phi) is 3.21. The van der Waals surface area contributed by atoms with E-state index in [1.165, 1.54) is 32.1 Å². The summed E-state index contributed by atoms with van der Waals surface area (Å²) in [6.45, 7) is 2.84. The molecule has 1 aliphatic heterocycles.